The number of nitrogens with one attached hydrogen (secondary N) is 1. The monoisotopic (exact) mass is 234 g/mol. The molecule has 0 saturated heterocycles. The molecule has 0 unspecified atom stereocenters. The van der Waals surface area contributed by atoms with Gasteiger partial charge < -0.3 is 10.3 Å². The summed E-state index contributed by atoms with van der Waals surface area (Å²) in [5, 5.41) is 15.9. The molecule has 16 heavy (non-hydrogen) atoms. The highest BCUT2D eigenvalue weighted by molar-refractivity contribution is 7.99. The highest BCUT2D eigenvalue weighted by Gasteiger charge is 2.10. The largest absolute Gasteiger partial charge is 0.382 e. The summed E-state index contributed by atoms with van der Waals surface area (Å²) in [5.74, 6) is -0.0507. The number of hydrogen-bond donors (Lipinski definition) is 2. The SMILES string of the molecule is Cn1cnnc1Sc1cccnc1C(=N)N. The van der Waals surface area contributed by atoms with Crippen LogP contribution in [0.25, 0.3) is 0 Å². The van der Waals surface area contributed by atoms with Gasteiger partial charge >= 0.3 is 0 Å². The molecule has 0 spiro atoms. The lowest BCUT2D eigenvalue weighted by Gasteiger charge is -2.05. The van der Waals surface area contributed by atoms with Gasteiger partial charge in [-0.2, -0.15) is 0 Å². The van der Waals surface area contributed by atoms with Crippen molar-refractivity contribution in [3.8, 4) is 0 Å². The molecule has 2 aromatic heterocycles. The van der Waals surface area contributed by atoms with Crippen LogP contribution in [0.15, 0.2) is 34.7 Å². The van der Waals surface area contributed by atoms with E-state index in [4.69, 9.17) is 11.1 Å². The van der Waals surface area contributed by atoms with Crippen LogP contribution >= 0.6 is 11.8 Å². The first kappa shape index (κ1) is 10.6. The lowest BCUT2D eigenvalue weighted by atomic mass is 10.3. The summed E-state index contributed by atoms with van der Waals surface area (Å²) in [4.78, 5) is 4.86. The predicted molar refractivity (Wildman–Crippen MR) is 60.4 cm³/mol. The van der Waals surface area contributed by atoms with Gasteiger partial charge in [-0.25, -0.2) is 0 Å². The zero-order chi connectivity index (χ0) is 11.5. The summed E-state index contributed by atoms with van der Waals surface area (Å²) >= 11 is 1.38. The van der Waals surface area contributed by atoms with E-state index in [-0.39, 0.29) is 5.84 Å². The van der Waals surface area contributed by atoms with Gasteiger partial charge in [-0.1, -0.05) is 0 Å². The summed E-state index contributed by atoms with van der Waals surface area (Å²) in [5.41, 5.74) is 5.91. The molecule has 0 radical (unpaired) electrons. The Morgan fingerprint density at radius 1 is 1.56 bits per heavy atom. The van der Waals surface area contributed by atoms with Crippen molar-refractivity contribution in [2.75, 3.05) is 0 Å². The molecule has 7 heteroatoms. The van der Waals surface area contributed by atoms with Crippen molar-refractivity contribution in [2.24, 2.45) is 12.8 Å². The van der Waals surface area contributed by atoms with E-state index in [0.29, 0.717) is 5.69 Å². The number of amidine groups is 1. The van der Waals surface area contributed by atoms with Crippen LogP contribution in [0.2, 0.25) is 0 Å². The average Bonchev–Trinajstić information content (AvgIpc) is 2.65. The molecule has 2 heterocycles. The van der Waals surface area contributed by atoms with Crippen LogP contribution in [-0.4, -0.2) is 25.6 Å². The third-order valence-corrected chi connectivity index (χ3v) is 3.00. The molecule has 0 aliphatic rings. The van der Waals surface area contributed by atoms with Crippen molar-refractivity contribution in [2.45, 2.75) is 10.1 Å². The fourth-order valence-corrected chi connectivity index (χ4v) is 2.02. The molecule has 0 atom stereocenters. The fourth-order valence-electron chi connectivity index (χ4n) is 1.14. The normalized spacial score (nSPS) is 10.3. The number of hydrogen-bond acceptors (Lipinski definition) is 5. The Kier molecular flexibility index (Phi) is 2.86. The van der Waals surface area contributed by atoms with Gasteiger partial charge in [0.15, 0.2) is 5.16 Å². The standard InChI is InChI=1S/C9H10N6S/c1-15-5-13-14-9(15)16-6-3-2-4-12-7(6)8(10)11/h2-5H,1H3,(H3,10,11). The van der Waals surface area contributed by atoms with Crippen molar-refractivity contribution in [3.05, 3.63) is 30.4 Å². The van der Waals surface area contributed by atoms with E-state index in [1.54, 1.807) is 23.2 Å². The molecule has 2 rings (SSSR count). The maximum absolute atomic E-state index is 7.42. The molecule has 0 aromatic carbocycles. The van der Waals surface area contributed by atoms with Gasteiger partial charge in [-0.05, 0) is 23.9 Å². The Morgan fingerprint density at radius 3 is 3.00 bits per heavy atom. The van der Waals surface area contributed by atoms with Crippen LogP contribution in [0.5, 0.6) is 0 Å². The van der Waals surface area contributed by atoms with E-state index >= 15 is 0 Å². The summed E-state index contributed by atoms with van der Waals surface area (Å²) in [6.45, 7) is 0. The Balaban J connectivity index is 2.35. The van der Waals surface area contributed by atoms with Gasteiger partial charge in [-0.15, -0.1) is 10.2 Å². The lowest BCUT2D eigenvalue weighted by molar-refractivity contribution is 0.788. The van der Waals surface area contributed by atoms with Crippen LogP contribution < -0.4 is 5.73 Å². The van der Waals surface area contributed by atoms with Gasteiger partial charge in [0.1, 0.15) is 17.9 Å². The van der Waals surface area contributed by atoms with Gasteiger partial charge in [0.25, 0.3) is 0 Å². The van der Waals surface area contributed by atoms with Crippen LogP contribution in [0.3, 0.4) is 0 Å². The minimum absolute atomic E-state index is 0.0507. The molecule has 82 valence electrons. The Hall–Kier alpha value is -1.89. The van der Waals surface area contributed by atoms with Gasteiger partial charge in [0.05, 0.1) is 0 Å². The smallest absolute Gasteiger partial charge is 0.195 e. The van der Waals surface area contributed by atoms with E-state index in [9.17, 15) is 0 Å². The second-order valence-electron chi connectivity index (χ2n) is 3.09. The number of aromatic nitrogens is 4. The number of nitrogens with zero attached hydrogens (tertiary/aromatic N) is 4. The molecule has 6 nitrogen and oxygen atoms in total. The van der Waals surface area contributed by atoms with Crippen LogP contribution in [0.1, 0.15) is 5.69 Å². The van der Waals surface area contributed by atoms with Gasteiger partial charge in [0, 0.05) is 18.1 Å². The first-order valence-electron chi connectivity index (χ1n) is 4.49. The lowest BCUT2D eigenvalue weighted by Crippen LogP contribution is -2.14. The molecule has 0 fully saturated rings. The molecule has 2 aromatic rings. The van der Waals surface area contributed by atoms with Crippen molar-refractivity contribution in [1.82, 2.24) is 19.7 Å². The summed E-state index contributed by atoms with van der Waals surface area (Å²) in [7, 11) is 1.85. The maximum atomic E-state index is 7.42. The average molecular weight is 234 g/mol. The van der Waals surface area contributed by atoms with E-state index in [1.165, 1.54) is 11.8 Å². The van der Waals surface area contributed by atoms with Crippen molar-refractivity contribution < 1.29 is 0 Å². The number of nitrogen functional groups attached to an aromatic ring is 1. The highest BCUT2D eigenvalue weighted by atomic mass is 32.2. The molecular weight excluding hydrogens is 224 g/mol. The summed E-state index contributed by atoms with van der Waals surface area (Å²) in [6.07, 6.45) is 3.23. The Labute approximate surface area is 96.4 Å². The van der Waals surface area contributed by atoms with Crippen LogP contribution in [0.4, 0.5) is 0 Å². The summed E-state index contributed by atoms with van der Waals surface area (Å²) in [6, 6.07) is 3.65. The van der Waals surface area contributed by atoms with E-state index in [2.05, 4.69) is 15.2 Å². The second-order valence-corrected chi connectivity index (χ2v) is 4.10. The molecule has 0 amide bonds. The number of rotatable bonds is 3. The topological polar surface area (TPSA) is 93.5 Å². The van der Waals surface area contributed by atoms with Crippen molar-refractivity contribution in [3.63, 3.8) is 0 Å². The van der Waals surface area contributed by atoms with Crippen molar-refractivity contribution >= 4 is 17.6 Å². The minimum atomic E-state index is -0.0507. The quantitative estimate of drug-likeness (QED) is 0.600. The number of pyridine rings is 1. The molecule has 0 aliphatic carbocycles. The molecule has 0 bridgehead atoms. The molecule has 0 saturated carbocycles. The summed E-state index contributed by atoms with van der Waals surface area (Å²) < 4.78 is 1.79. The third kappa shape index (κ3) is 2.03. The molecule has 3 N–H and O–H groups in total. The van der Waals surface area contributed by atoms with Gasteiger partial charge in [0.2, 0.25) is 0 Å². The Bertz CT molecular complexity index is 520. The molecule has 0 aliphatic heterocycles. The number of aryl methyl sites for hydroxylation is 1. The highest BCUT2D eigenvalue weighted by Crippen LogP contribution is 2.26. The predicted octanol–water partition coefficient (Wildman–Crippen LogP) is 0.645. The Morgan fingerprint density at radius 2 is 2.38 bits per heavy atom. The first-order valence-corrected chi connectivity index (χ1v) is 5.31. The van der Waals surface area contributed by atoms with Gasteiger partial charge in [-0.3, -0.25) is 10.4 Å². The van der Waals surface area contributed by atoms with Crippen LogP contribution in [0, 0.1) is 5.41 Å². The van der Waals surface area contributed by atoms with E-state index < -0.39 is 0 Å². The molecular formula is C9H10N6S. The third-order valence-electron chi connectivity index (χ3n) is 1.90. The number of nitrogens with two attached hydrogens (primary N) is 1. The maximum Gasteiger partial charge on any atom is 0.195 e. The first-order chi connectivity index (χ1) is 7.68. The van der Waals surface area contributed by atoms with Crippen molar-refractivity contribution in [1.29, 1.82) is 5.41 Å². The van der Waals surface area contributed by atoms with E-state index in [0.717, 1.165) is 10.1 Å². The minimum Gasteiger partial charge on any atom is -0.382 e. The zero-order valence-electron chi connectivity index (χ0n) is 8.58. The zero-order valence-corrected chi connectivity index (χ0v) is 9.40. The second kappa shape index (κ2) is 4.31. The van der Waals surface area contributed by atoms with E-state index in [1.807, 2.05) is 13.1 Å². The van der Waals surface area contributed by atoms with Crippen LogP contribution in [-0.2, 0) is 7.05 Å². The fraction of sp³-hybridized carbons (Fsp3) is 0.111.